The molecule has 0 saturated carbocycles. The number of benzene rings is 2. The third kappa shape index (κ3) is 3.87. The topological polar surface area (TPSA) is 81.5 Å². The molecular formula is C22H20FN3O3. The Labute approximate surface area is 168 Å². The van der Waals surface area contributed by atoms with Gasteiger partial charge in [-0.2, -0.15) is 5.26 Å². The maximum atomic E-state index is 13.2. The van der Waals surface area contributed by atoms with Gasteiger partial charge in [0.1, 0.15) is 11.9 Å². The van der Waals surface area contributed by atoms with E-state index in [1.807, 2.05) is 6.07 Å². The van der Waals surface area contributed by atoms with E-state index in [0.717, 1.165) is 4.90 Å². The van der Waals surface area contributed by atoms with Gasteiger partial charge in [0.2, 0.25) is 5.91 Å². The molecule has 6 nitrogen and oxygen atoms in total. The molecule has 0 aliphatic carbocycles. The van der Waals surface area contributed by atoms with Crippen LogP contribution in [0.2, 0.25) is 0 Å². The van der Waals surface area contributed by atoms with E-state index in [2.05, 4.69) is 0 Å². The van der Waals surface area contributed by atoms with Gasteiger partial charge in [0.25, 0.3) is 11.8 Å². The molecular weight excluding hydrogens is 373 g/mol. The molecule has 1 aliphatic rings. The molecule has 1 aliphatic heterocycles. The first-order chi connectivity index (χ1) is 13.6. The monoisotopic (exact) mass is 393 g/mol. The summed E-state index contributed by atoms with van der Waals surface area (Å²) in [5.74, 6) is -1.86. The number of rotatable bonds is 3. The lowest BCUT2D eigenvalue weighted by Gasteiger charge is -2.39. The summed E-state index contributed by atoms with van der Waals surface area (Å²) in [5, 5.41) is 8.92. The van der Waals surface area contributed by atoms with Crippen LogP contribution in [0, 0.1) is 17.1 Å². The van der Waals surface area contributed by atoms with Crippen LogP contribution in [0.1, 0.15) is 43.1 Å². The molecule has 0 bridgehead atoms. The van der Waals surface area contributed by atoms with E-state index >= 15 is 0 Å². The first-order valence-electron chi connectivity index (χ1n) is 9.09. The van der Waals surface area contributed by atoms with Crippen molar-refractivity contribution >= 4 is 23.4 Å². The number of hydrogen-bond donors (Lipinski definition) is 0. The third-order valence-corrected chi connectivity index (χ3v) is 4.72. The van der Waals surface area contributed by atoms with E-state index in [-0.39, 0.29) is 12.0 Å². The maximum absolute atomic E-state index is 13.2. The first kappa shape index (κ1) is 20.2. The number of hydrogen-bond acceptors (Lipinski definition) is 4. The summed E-state index contributed by atoms with van der Waals surface area (Å²) >= 11 is 0. The van der Waals surface area contributed by atoms with Crippen molar-refractivity contribution in [2.75, 3.05) is 4.90 Å². The highest BCUT2D eigenvalue weighted by Gasteiger charge is 2.47. The van der Waals surface area contributed by atoms with Crippen LogP contribution in [-0.4, -0.2) is 34.2 Å². The lowest BCUT2D eigenvalue weighted by molar-refractivity contribution is -0.123. The van der Waals surface area contributed by atoms with E-state index in [4.69, 9.17) is 5.26 Å². The summed E-state index contributed by atoms with van der Waals surface area (Å²) in [7, 11) is 0. The molecule has 1 atom stereocenters. The largest absolute Gasteiger partial charge is 0.321 e. The van der Waals surface area contributed by atoms with Crippen molar-refractivity contribution in [3.05, 3.63) is 65.5 Å². The van der Waals surface area contributed by atoms with Crippen molar-refractivity contribution in [3.63, 3.8) is 0 Å². The zero-order valence-electron chi connectivity index (χ0n) is 16.3. The minimum atomic E-state index is -0.976. The molecule has 1 fully saturated rings. The Morgan fingerprint density at radius 2 is 1.69 bits per heavy atom. The highest BCUT2D eigenvalue weighted by molar-refractivity contribution is 6.23. The number of halogens is 1. The molecule has 0 radical (unpaired) electrons. The zero-order chi connectivity index (χ0) is 21.3. The van der Waals surface area contributed by atoms with Gasteiger partial charge in [-0.1, -0.05) is 0 Å². The third-order valence-electron chi connectivity index (χ3n) is 4.72. The SMILES string of the molecule is CC(C)(C)N(C(=O)c1ccc(F)cc1)C1CC(=O)N(c2ccc(C#N)cc2)C1=O. The van der Waals surface area contributed by atoms with Crippen LogP contribution in [0.3, 0.4) is 0 Å². The zero-order valence-corrected chi connectivity index (χ0v) is 16.3. The van der Waals surface area contributed by atoms with E-state index in [1.165, 1.54) is 53.4 Å². The molecule has 1 saturated heterocycles. The maximum Gasteiger partial charge on any atom is 0.257 e. The molecule has 1 heterocycles. The molecule has 3 rings (SSSR count). The second-order valence-electron chi connectivity index (χ2n) is 7.80. The smallest absolute Gasteiger partial charge is 0.257 e. The molecule has 2 aromatic carbocycles. The van der Waals surface area contributed by atoms with Gasteiger partial charge in [-0.05, 0) is 69.3 Å². The van der Waals surface area contributed by atoms with Crippen molar-refractivity contribution in [3.8, 4) is 6.07 Å². The van der Waals surface area contributed by atoms with Crippen LogP contribution >= 0.6 is 0 Å². The van der Waals surface area contributed by atoms with Crippen molar-refractivity contribution in [1.29, 1.82) is 5.26 Å². The first-order valence-corrected chi connectivity index (χ1v) is 9.09. The van der Waals surface area contributed by atoms with Crippen LogP contribution in [0.15, 0.2) is 48.5 Å². The van der Waals surface area contributed by atoms with Crippen LogP contribution in [0.25, 0.3) is 0 Å². The lowest BCUT2D eigenvalue weighted by atomic mass is 9.99. The predicted octanol–water partition coefficient (Wildman–Crippen LogP) is 3.27. The van der Waals surface area contributed by atoms with E-state index in [0.29, 0.717) is 11.3 Å². The normalized spacial score (nSPS) is 16.7. The van der Waals surface area contributed by atoms with E-state index in [9.17, 15) is 18.8 Å². The molecule has 29 heavy (non-hydrogen) atoms. The summed E-state index contributed by atoms with van der Waals surface area (Å²) in [6, 6.07) is 12.2. The minimum Gasteiger partial charge on any atom is -0.321 e. The number of nitrogens with zero attached hydrogens (tertiary/aromatic N) is 3. The Morgan fingerprint density at radius 1 is 1.10 bits per heavy atom. The number of carbonyl (C=O) groups excluding carboxylic acids is 3. The van der Waals surface area contributed by atoms with Crippen LogP contribution in [0.5, 0.6) is 0 Å². The van der Waals surface area contributed by atoms with Gasteiger partial charge in [0.15, 0.2) is 0 Å². The van der Waals surface area contributed by atoms with Crippen LogP contribution in [-0.2, 0) is 9.59 Å². The fourth-order valence-electron chi connectivity index (χ4n) is 3.42. The quantitative estimate of drug-likeness (QED) is 0.750. The van der Waals surface area contributed by atoms with E-state index in [1.54, 1.807) is 20.8 Å². The number of imide groups is 1. The van der Waals surface area contributed by atoms with Crippen molar-refractivity contribution < 1.29 is 18.8 Å². The lowest BCUT2D eigenvalue weighted by Crippen LogP contribution is -2.54. The van der Waals surface area contributed by atoms with Gasteiger partial charge >= 0.3 is 0 Å². The summed E-state index contributed by atoms with van der Waals surface area (Å²) in [6.07, 6.45) is -0.150. The Kier molecular flexibility index (Phi) is 5.21. The van der Waals surface area contributed by atoms with Gasteiger partial charge in [0, 0.05) is 11.1 Å². The summed E-state index contributed by atoms with van der Waals surface area (Å²) < 4.78 is 13.2. The van der Waals surface area contributed by atoms with Gasteiger partial charge < -0.3 is 4.90 Å². The number of carbonyl (C=O) groups is 3. The molecule has 0 N–H and O–H groups in total. The molecule has 148 valence electrons. The molecule has 0 aromatic heterocycles. The summed E-state index contributed by atoms with van der Waals surface area (Å²) in [4.78, 5) is 41.4. The number of nitriles is 1. The highest BCUT2D eigenvalue weighted by Crippen LogP contribution is 2.31. The van der Waals surface area contributed by atoms with Crippen LogP contribution in [0.4, 0.5) is 10.1 Å². The van der Waals surface area contributed by atoms with Crippen molar-refractivity contribution in [2.24, 2.45) is 0 Å². The van der Waals surface area contributed by atoms with Gasteiger partial charge in [-0.15, -0.1) is 0 Å². The van der Waals surface area contributed by atoms with Crippen molar-refractivity contribution in [1.82, 2.24) is 4.90 Å². The Bertz CT molecular complexity index is 1000. The molecule has 1 unspecified atom stereocenters. The fourth-order valence-corrected chi connectivity index (χ4v) is 3.42. The Morgan fingerprint density at radius 3 is 2.21 bits per heavy atom. The summed E-state index contributed by atoms with van der Waals surface area (Å²) in [6.45, 7) is 5.32. The fraction of sp³-hybridized carbons (Fsp3) is 0.273. The van der Waals surface area contributed by atoms with Gasteiger partial charge in [-0.3, -0.25) is 14.4 Å². The molecule has 3 amide bonds. The molecule has 0 spiro atoms. The minimum absolute atomic E-state index is 0.150. The standard InChI is InChI=1S/C22H20FN3O3/c1-22(2,3)26(20(28)15-6-8-16(23)9-7-15)18-12-19(27)25(21(18)29)17-10-4-14(13-24)5-11-17/h4-11,18H,12H2,1-3H3. The summed E-state index contributed by atoms with van der Waals surface area (Å²) in [5.41, 5.74) is 0.238. The van der Waals surface area contributed by atoms with Crippen LogP contribution < -0.4 is 4.90 Å². The average Bonchev–Trinajstić information content (AvgIpc) is 2.95. The molecule has 7 heteroatoms. The number of amides is 3. The second kappa shape index (κ2) is 7.47. The van der Waals surface area contributed by atoms with Gasteiger partial charge in [-0.25, -0.2) is 9.29 Å². The van der Waals surface area contributed by atoms with E-state index < -0.39 is 35.1 Å². The second-order valence-corrected chi connectivity index (χ2v) is 7.80. The van der Waals surface area contributed by atoms with Crippen molar-refractivity contribution in [2.45, 2.75) is 38.8 Å². The molecule has 2 aromatic rings. The Hall–Kier alpha value is -3.53. The highest BCUT2D eigenvalue weighted by atomic mass is 19.1. The predicted molar refractivity (Wildman–Crippen MR) is 104 cm³/mol. The Balaban J connectivity index is 1.96. The number of anilines is 1. The van der Waals surface area contributed by atoms with Gasteiger partial charge in [0.05, 0.1) is 23.7 Å². The average molecular weight is 393 g/mol.